The summed E-state index contributed by atoms with van der Waals surface area (Å²) in [5.74, 6) is 2.72. The second-order valence-corrected chi connectivity index (χ2v) is 8.40. The van der Waals surface area contributed by atoms with Crippen LogP contribution in [0.2, 0.25) is 0 Å². The lowest BCUT2D eigenvalue weighted by Crippen LogP contribution is -2.51. The van der Waals surface area contributed by atoms with E-state index in [0.29, 0.717) is 29.2 Å². The number of carbonyl (C=O) groups excluding carboxylic acids is 1. The molecule has 2 atom stereocenters. The Kier molecular flexibility index (Phi) is 4.76. The highest BCUT2D eigenvalue weighted by molar-refractivity contribution is 5.85. The van der Waals surface area contributed by atoms with Crippen LogP contribution in [0.25, 0.3) is 0 Å². The van der Waals surface area contributed by atoms with Crippen molar-refractivity contribution in [3.05, 3.63) is 0 Å². The van der Waals surface area contributed by atoms with Gasteiger partial charge in [0.1, 0.15) is 0 Å². The van der Waals surface area contributed by atoms with Crippen LogP contribution in [-0.2, 0) is 4.79 Å². The monoisotopic (exact) mass is 326 g/mol. The Balaban J connectivity index is 0.00000144. The SMILES string of the molecule is Cl.NC1C2CCCC1CC(C(=O)NCC1(C3CC3)CCC1)C2. The molecule has 0 radical (unpaired) electrons. The van der Waals surface area contributed by atoms with Crippen molar-refractivity contribution in [3.8, 4) is 0 Å². The summed E-state index contributed by atoms with van der Waals surface area (Å²) >= 11 is 0. The Morgan fingerprint density at radius 2 is 1.68 bits per heavy atom. The van der Waals surface area contributed by atoms with Gasteiger partial charge >= 0.3 is 0 Å². The van der Waals surface area contributed by atoms with Gasteiger partial charge in [-0.3, -0.25) is 4.79 Å². The maximum atomic E-state index is 12.6. The Morgan fingerprint density at radius 3 is 2.18 bits per heavy atom. The molecular weight excluding hydrogens is 296 g/mol. The van der Waals surface area contributed by atoms with E-state index in [1.165, 1.54) is 51.4 Å². The first-order valence-electron chi connectivity index (χ1n) is 9.21. The fraction of sp³-hybridized carbons (Fsp3) is 0.944. The average Bonchev–Trinajstić information content (AvgIpc) is 3.21. The van der Waals surface area contributed by atoms with Crippen molar-refractivity contribution in [2.75, 3.05) is 6.54 Å². The molecule has 4 aliphatic rings. The average molecular weight is 327 g/mol. The topological polar surface area (TPSA) is 55.1 Å². The number of carbonyl (C=O) groups is 1. The molecule has 0 aromatic heterocycles. The van der Waals surface area contributed by atoms with Crippen molar-refractivity contribution in [2.45, 2.75) is 70.3 Å². The van der Waals surface area contributed by atoms with Gasteiger partial charge in [0.15, 0.2) is 0 Å². The molecule has 4 aliphatic carbocycles. The fourth-order valence-electron chi connectivity index (χ4n) is 5.47. The highest BCUT2D eigenvalue weighted by atomic mass is 35.5. The van der Waals surface area contributed by atoms with E-state index in [2.05, 4.69) is 5.32 Å². The van der Waals surface area contributed by atoms with E-state index < -0.39 is 0 Å². The molecule has 4 heteroatoms. The second kappa shape index (κ2) is 6.32. The third-order valence-corrected chi connectivity index (χ3v) is 7.19. The van der Waals surface area contributed by atoms with Gasteiger partial charge in [-0.2, -0.15) is 0 Å². The first kappa shape index (κ1) is 16.6. The molecule has 2 bridgehead atoms. The van der Waals surface area contributed by atoms with Gasteiger partial charge in [0.25, 0.3) is 0 Å². The van der Waals surface area contributed by atoms with Gasteiger partial charge in [0.2, 0.25) is 5.91 Å². The van der Waals surface area contributed by atoms with E-state index in [9.17, 15) is 4.79 Å². The van der Waals surface area contributed by atoms with Crippen molar-refractivity contribution >= 4 is 18.3 Å². The van der Waals surface area contributed by atoms with Gasteiger partial charge in [-0.05, 0) is 74.5 Å². The number of hydrogen-bond donors (Lipinski definition) is 2. The summed E-state index contributed by atoms with van der Waals surface area (Å²) in [7, 11) is 0. The predicted molar refractivity (Wildman–Crippen MR) is 90.8 cm³/mol. The molecule has 0 aliphatic heterocycles. The minimum absolute atomic E-state index is 0. The third-order valence-electron chi connectivity index (χ3n) is 7.19. The van der Waals surface area contributed by atoms with Crippen LogP contribution in [0, 0.1) is 29.1 Å². The second-order valence-electron chi connectivity index (χ2n) is 8.40. The molecule has 22 heavy (non-hydrogen) atoms. The quantitative estimate of drug-likeness (QED) is 0.833. The van der Waals surface area contributed by atoms with Crippen LogP contribution in [0.5, 0.6) is 0 Å². The van der Waals surface area contributed by atoms with Crippen LogP contribution in [-0.4, -0.2) is 18.5 Å². The molecule has 0 aromatic carbocycles. The minimum Gasteiger partial charge on any atom is -0.355 e. The highest BCUT2D eigenvalue weighted by Crippen LogP contribution is 2.56. The van der Waals surface area contributed by atoms with Crippen LogP contribution in [0.1, 0.15) is 64.2 Å². The van der Waals surface area contributed by atoms with E-state index >= 15 is 0 Å². The lowest BCUT2D eigenvalue weighted by Gasteiger charge is -2.45. The number of hydrogen-bond acceptors (Lipinski definition) is 2. The van der Waals surface area contributed by atoms with Crippen LogP contribution in [0.3, 0.4) is 0 Å². The molecule has 1 amide bonds. The molecule has 3 N–H and O–H groups in total. The normalized spacial score (nSPS) is 39.3. The maximum absolute atomic E-state index is 12.6. The van der Waals surface area contributed by atoms with Crippen LogP contribution >= 0.6 is 12.4 Å². The van der Waals surface area contributed by atoms with Gasteiger partial charge < -0.3 is 11.1 Å². The fourth-order valence-corrected chi connectivity index (χ4v) is 5.47. The summed E-state index contributed by atoms with van der Waals surface area (Å²) < 4.78 is 0. The van der Waals surface area contributed by atoms with E-state index in [0.717, 1.165) is 25.3 Å². The summed E-state index contributed by atoms with van der Waals surface area (Å²) in [6.07, 6.45) is 12.8. The van der Waals surface area contributed by atoms with Gasteiger partial charge in [0, 0.05) is 18.5 Å². The van der Waals surface area contributed by atoms with Gasteiger partial charge in [-0.1, -0.05) is 12.8 Å². The summed E-state index contributed by atoms with van der Waals surface area (Å²) in [6.45, 7) is 0.953. The van der Waals surface area contributed by atoms with Crippen LogP contribution < -0.4 is 11.1 Å². The van der Waals surface area contributed by atoms with E-state index in [-0.39, 0.29) is 18.3 Å². The molecule has 4 fully saturated rings. The third kappa shape index (κ3) is 2.91. The van der Waals surface area contributed by atoms with Crippen molar-refractivity contribution in [1.29, 1.82) is 0 Å². The molecule has 126 valence electrons. The van der Waals surface area contributed by atoms with Gasteiger partial charge in [-0.25, -0.2) is 0 Å². The predicted octanol–water partition coefficient (Wildman–Crippen LogP) is 3.26. The number of rotatable bonds is 4. The molecule has 0 saturated heterocycles. The molecule has 0 spiro atoms. The highest BCUT2D eigenvalue weighted by Gasteiger charge is 2.49. The molecule has 3 nitrogen and oxygen atoms in total. The zero-order chi connectivity index (χ0) is 14.4. The number of nitrogens with one attached hydrogen (secondary N) is 1. The molecule has 4 saturated carbocycles. The lowest BCUT2D eigenvalue weighted by atomic mass is 9.64. The van der Waals surface area contributed by atoms with Crippen molar-refractivity contribution in [2.24, 2.45) is 34.8 Å². The zero-order valence-corrected chi connectivity index (χ0v) is 14.4. The van der Waals surface area contributed by atoms with Crippen molar-refractivity contribution < 1.29 is 4.79 Å². The summed E-state index contributed by atoms with van der Waals surface area (Å²) in [6, 6.07) is 0.368. The Bertz CT molecular complexity index is 405. The van der Waals surface area contributed by atoms with Crippen LogP contribution in [0.4, 0.5) is 0 Å². The number of nitrogens with two attached hydrogens (primary N) is 1. The standard InChI is InChI=1S/C18H30N2O.ClH/c19-16-12-3-1-4-13(16)10-14(9-12)17(21)20-11-18(7-2-8-18)15-5-6-15;/h12-16H,1-11,19H2,(H,20,21);1H. The molecule has 2 unspecified atom stereocenters. The first-order chi connectivity index (χ1) is 10.2. The summed E-state index contributed by atoms with van der Waals surface area (Å²) in [5, 5.41) is 3.34. The Morgan fingerprint density at radius 1 is 1.05 bits per heavy atom. The molecule has 0 aromatic rings. The molecule has 4 rings (SSSR count). The van der Waals surface area contributed by atoms with Crippen molar-refractivity contribution in [1.82, 2.24) is 5.32 Å². The van der Waals surface area contributed by atoms with E-state index in [1.807, 2.05) is 0 Å². The Labute approximate surface area is 140 Å². The number of halogens is 1. The largest absolute Gasteiger partial charge is 0.355 e. The van der Waals surface area contributed by atoms with E-state index in [1.54, 1.807) is 0 Å². The zero-order valence-electron chi connectivity index (χ0n) is 13.6. The van der Waals surface area contributed by atoms with Crippen LogP contribution in [0.15, 0.2) is 0 Å². The van der Waals surface area contributed by atoms with Crippen molar-refractivity contribution in [3.63, 3.8) is 0 Å². The summed E-state index contributed by atoms with van der Waals surface area (Å²) in [5.41, 5.74) is 6.83. The van der Waals surface area contributed by atoms with E-state index in [4.69, 9.17) is 5.73 Å². The first-order valence-corrected chi connectivity index (χ1v) is 9.21. The smallest absolute Gasteiger partial charge is 0.223 e. The number of fused-ring (bicyclic) bond motifs is 2. The lowest BCUT2D eigenvalue weighted by molar-refractivity contribution is -0.129. The molecule has 0 heterocycles. The Hall–Kier alpha value is -0.280. The summed E-state index contributed by atoms with van der Waals surface area (Å²) in [4.78, 5) is 12.6. The number of amides is 1. The minimum atomic E-state index is 0. The maximum Gasteiger partial charge on any atom is 0.223 e. The molecular formula is C18H31ClN2O. The van der Waals surface area contributed by atoms with Gasteiger partial charge in [0.05, 0.1) is 0 Å². The van der Waals surface area contributed by atoms with Gasteiger partial charge in [-0.15, -0.1) is 12.4 Å².